The number of fused-ring (bicyclic) bond motifs is 1. The predicted molar refractivity (Wildman–Crippen MR) is 146 cm³/mol. The molecule has 6 heteroatoms. The van der Waals surface area contributed by atoms with E-state index >= 15 is 0 Å². The van der Waals surface area contributed by atoms with Gasteiger partial charge >= 0.3 is 5.97 Å². The van der Waals surface area contributed by atoms with Gasteiger partial charge in [-0.1, -0.05) is 24.3 Å². The zero-order valence-corrected chi connectivity index (χ0v) is 22.1. The lowest BCUT2D eigenvalue weighted by molar-refractivity contribution is -0.137. The molecule has 2 aliphatic rings. The Morgan fingerprint density at radius 2 is 1.71 bits per heavy atom. The number of carboxylic acids is 1. The third-order valence-electron chi connectivity index (χ3n) is 7.72. The third kappa shape index (κ3) is 6.13. The quantitative estimate of drug-likeness (QED) is 0.341. The second kappa shape index (κ2) is 11.5. The zero-order chi connectivity index (χ0) is 26.6. The summed E-state index contributed by atoms with van der Waals surface area (Å²) in [4.78, 5) is 11.1. The van der Waals surface area contributed by atoms with Gasteiger partial charge in [0.2, 0.25) is 0 Å². The number of benzene rings is 3. The Hall–Kier alpha value is -3.51. The van der Waals surface area contributed by atoms with Crippen LogP contribution in [-0.4, -0.2) is 35.5 Å². The summed E-state index contributed by atoms with van der Waals surface area (Å²) < 4.78 is 17.9. The first-order chi connectivity index (χ1) is 18.4. The number of hydrogen-bond acceptors (Lipinski definition) is 5. The van der Waals surface area contributed by atoms with Gasteiger partial charge in [0.1, 0.15) is 23.9 Å². The van der Waals surface area contributed by atoms with Gasteiger partial charge in [-0.25, -0.2) is 0 Å². The van der Waals surface area contributed by atoms with E-state index in [1.807, 2.05) is 18.2 Å². The van der Waals surface area contributed by atoms with Gasteiger partial charge < -0.3 is 24.4 Å². The van der Waals surface area contributed by atoms with E-state index in [-0.39, 0.29) is 18.4 Å². The summed E-state index contributed by atoms with van der Waals surface area (Å²) in [5, 5.41) is 18.8. The van der Waals surface area contributed by atoms with Gasteiger partial charge in [0.15, 0.2) is 0 Å². The Kier molecular flexibility index (Phi) is 7.89. The minimum absolute atomic E-state index is 0.0669. The van der Waals surface area contributed by atoms with Crippen LogP contribution in [0.1, 0.15) is 60.3 Å². The predicted octanol–water partition coefficient (Wildman–Crippen LogP) is 6.43. The van der Waals surface area contributed by atoms with Crippen LogP contribution in [0.3, 0.4) is 0 Å². The topological polar surface area (TPSA) is 85.2 Å². The van der Waals surface area contributed by atoms with Gasteiger partial charge in [0.25, 0.3) is 0 Å². The molecule has 1 aliphatic heterocycles. The lowest BCUT2D eigenvalue weighted by Gasteiger charge is -2.25. The Morgan fingerprint density at radius 1 is 0.947 bits per heavy atom. The fourth-order valence-electron chi connectivity index (χ4n) is 5.70. The van der Waals surface area contributed by atoms with Crippen LogP contribution < -0.4 is 14.2 Å². The molecule has 1 atom stereocenters. The molecule has 0 aromatic heterocycles. The molecule has 1 saturated carbocycles. The van der Waals surface area contributed by atoms with Gasteiger partial charge in [-0.3, -0.25) is 4.79 Å². The largest absolute Gasteiger partial charge is 0.493 e. The van der Waals surface area contributed by atoms with Gasteiger partial charge in [0, 0.05) is 17.5 Å². The molecule has 0 saturated heterocycles. The summed E-state index contributed by atoms with van der Waals surface area (Å²) >= 11 is 0. The molecule has 0 spiro atoms. The summed E-state index contributed by atoms with van der Waals surface area (Å²) in [6.07, 6.45) is 3.72. The van der Waals surface area contributed by atoms with Crippen LogP contribution in [0.15, 0.2) is 54.6 Å². The highest BCUT2D eigenvalue weighted by molar-refractivity contribution is 5.72. The first-order valence-corrected chi connectivity index (χ1v) is 13.5. The normalized spacial score (nSPS) is 20.4. The van der Waals surface area contributed by atoms with E-state index in [2.05, 4.69) is 50.2 Å². The van der Waals surface area contributed by atoms with Crippen molar-refractivity contribution in [3.63, 3.8) is 0 Å². The lowest BCUT2D eigenvalue weighted by atomic mass is 9.88. The molecule has 1 heterocycles. The van der Waals surface area contributed by atoms with E-state index in [1.54, 1.807) is 0 Å². The fourth-order valence-corrected chi connectivity index (χ4v) is 5.70. The Labute approximate surface area is 224 Å². The van der Waals surface area contributed by atoms with Crippen LogP contribution in [-0.2, 0) is 11.4 Å². The van der Waals surface area contributed by atoms with Crippen molar-refractivity contribution >= 4 is 5.97 Å². The Balaban J connectivity index is 1.23. The van der Waals surface area contributed by atoms with Crippen molar-refractivity contribution in [1.29, 1.82) is 0 Å². The zero-order valence-electron chi connectivity index (χ0n) is 22.1. The van der Waals surface area contributed by atoms with Crippen molar-refractivity contribution in [2.24, 2.45) is 5.92 Å². The van der Waals surface area contributed by atoms with Gasteiger partial charge in [-0.15, -0.1) is 0 Å². The van der Waals surface area contributed by atoms with Crippen LogP contribution in [0.25, 0.3) is 11.1 Å². The molecule has 1 unspecified atom stereocenters. The third-order valence-corrected chi connectivity index (χ3v) is 7.72. The van der Waals surface area contributed by atoms with E-state index in [9.17, 15) is 9.90 Å². The molecule has 1 fully saturated rings. The van der Waals surface area contributed by atoms with E-state index in [0.29, 0.717) is 37.2 Å². The van der Waals surface area contributed by atoms with E-state index in [4.69, 9.17) is 19.3 Å². The Morgan fingerprint density at radius 3 is 2.45 bits per heavy atom. The van der Waals surface area contributed by atoms with E-state index < -0.39 is 5.97 Å². The van der Waals surface area contributed by atoms with Crippen LogP contribution >= 0.6 is 0 Å². The van der Waals surface area contributed by atoms with Crippen molar-refractivity contribution in [1.82, 2.24) is 0 Å². The van der Waals surface area contributed by atoms with Crippen molar-refractivity contribution in [3.05, 3.63) is 76.9 Å². The molecule has 1 aliphatic carbocycles. The molecule has 0 bridgehead atoms. The van der Waals surface area contributed by atoms with Crippen molar-refractivity contribution in [3.8, 4) is 28.4 Å². The molecule has 200 valence electrons. The molecular formula is C32H36O6. The fraction of sp³-hybridized carbons (Fsp3) is 0.406. The van der Waals surface area contributed by atoms with Gasteiger partial charge in [0.05, 0.1) is 25.7 Å². The van der Waals surface area contributed by atoms with Gasteiger partial charge in [-0.05, 0) is 97.5 Å². The average molecular weight is 517 g/mol. The number of ether oxygens (including phenoxy) is 3. The van der Waals surface area contributed by atoms with Crippen LogP contribution in [0, 0.1) is 19.8 Å². The standard InChI is InChI=1S/C32H36O6/c1-20-12-28(37-17-22-6-8-26(33)9-7-22)13-21(2)32(20)24-5-3-4-23(14-24)18-36-27-10-11-29-25(15-31(34)35)19-38-30(29)16-27/h3-5,10-14,16,22,25-26,33H,6-9,15,17-19H2,1-2H3,(H,34,35). The van der Waals surface area contributed by atoms with Crippen LogP contribution in [0.2, 0.25) is 0 Å². The molecule has 5 rings (SSSR count). The number of aliphatic hydroxyl groups excluding tert-OH is 1. The number of aliphatic carboxylic acids is 1. The maximum Gasteiger partial charge on any atom is 0.304 e. The highest BCUT2D eigenvalue weighted by Gasteiger charge is 2.26. The minimum atomic E-state index is -0.819. The van der Waals surface area contributed by atoms with Crippen molar-refractivity contribution in [2.45, 2.75) is 64.6 Å². The SMILES string of the molecule is Cc1cc(OCC2CCC(O)CC2)cc(C)c1-c1cccc(COc2ccc3c(c2)OCC3CC(=O)O)c1. The number of aliphatic hydroxyl groups is 1. The second-order valence-electron chi connectivity index (χ2n) is 10.7. The van der Waals surface area contributed by atoms with Crippen molar-refractivity contribution in [2.75, 3.05) is 13.2 Å². The molecule has 2 N–H and O–H groups in total. The van der Waals surface area contributed by atoms with E-state index in [0.717, 1.165) is 48.1 Å². The first-order valence-electron chi connectivity index (χ1n) is 13.5. The molecular weight excluding hydrogens is 480 g/mol. The lowest BCUT2D eigenvalue weighted by Crippen LogP contribution is -2.22. The second-order valence-corrected chi connectivity index (χ2v) is 10.7. The summed E-state index contributed by atoms with van der Waals surface area (Å²) in [6.45, 7) is 5.75. The Bertz CT molecular complexity index is 1270. The maximum atomic E-state index is 11.1. The molecule has 3 aromatic rings. The van der Waals surface area contributed by atoms with Crippen LogP contribution in [0.5, 0.6) is 17.2 Å². The molecule has 0 amide bonds. The smallest absolute Gasteiger partial charge is 0.304 e. The summed E-state index contributed by atoms with van der Waals surface area (Å²) in [6, 6.07) is 18.3. The number of aryl methyl sites for hydroxylation is 2. The molecule has 6 nitrogen and oxygen atoms in total. The van der Waals surface area contributed by atoms with Crippen LogP contribution in [0.4, 0.5) is 0 Å². The molecule has 3 aromatic carbocycles. The number of carbonyl (C=O) groups is 1. The first kappa shape index (κ1) is 26.1. The van der Waals surface area contributed by atoms with Crippen molar-refractivity contribution < 1.29 is 29.2 Å². The average Bonchev–Trinajstić information content (AvgIpc) is 3.28. The number of hydrogen-bond donors (Lipinski definition) is 2. The number of carboxylic acid groups (broad SMARTS) is 1. The molecule has 38 heavy (non-hydrogen) atoms. The maximum absolute atomic E-state index is 11.1. The molecule has 0 radical (unpaired) electrons. The highest BCUT2D eigenvalue weighted by atomic mass is 16.5. The summed E-state index contributed by atoms with van der Waals surface area (Å²) in [5.41, 5.74) is 6.68. The van der Waals surface area contributed by atoms with Gasteiger partial charge in [-0.2, -0.15) is 0 Å². The highest BCUT2D eigenvalue weighted by Crippen LogP contribution is 2.38. The number of rotatable bonds is 9. The monoisotopic (exact) mass is 516 g/mol. The minimum Gasteiger partial charge on any atom is -0.493 e. The summed E-state index contributed by atoms with van der Waals surface area (Å²) in [7, 11) is 0. The summed E-state index contributed by atoms with van der Waals surface area (Å²) in [5.74, 6) is 1.89. The van der Waals surface area contributed by atoms with E-state index in [1.165, 1.54) is 16.7 Å².